The normalized spacial score (nSPS) is 24.6. The molecule has 0 bridgehead atoms. The first kappa shape index (κ1) is 11.4. The number of hydrogen-bond acceptors (Lipinski definition) is 4. The standard InChI is InChI=1S/C10H16N4OS/c1-6-11-9(14-13-6)10(15)12-7-4-3-5-8(7)16-2/h7-8H,3-5H2,1-2H3,(H,12,15)(H,11,13,14). The molecule has 5 nitrogen and oxygen atoms in total. The third kappa shape index (κ3) is 2.37. The minimum absolute atomic E-state index is 0.171. The van der Waals surface area contributed by atoms with Crippen LogP contribution >= 0.6 is 11.8 Å². The molecule has 88 valence electrons. The molecule has 0 spiro atoms. The largest absolute Gasteiger partial charge is 0.345 e. The van der Waals surface area contributed by atoms with Crippen LogP contribution < -0.4 is 5.32 Å². The molecule has 0 aliphatic heterocycles. The molecule has 1 aliphatic carbocycles. The summed E-state index contributed by atoms with van der Waals surface area (Å²) in [5.41, 5.74) is 0. The molecule has 0 aromatic carbocycles. The molecule has 2 rings (SSSR count). The molecule has 6 heteroatoms. The number of carbonyl (C=O) groups is 1. The van der Waals surface area contributed by atoms with Crippen LogP contribution in [0.1, 0.15) is 35.7 Å². The van der Waals surface area contributed by atoms with Crippen LogP contribution in [-0.4, -0.2) is 38.6 Å². The second-order valence-corrected chi connectivity index (χ2v) is 5.11. The van der Waals surface area contributed by atoms with Crippen LogP contribution in [0, 0.1) is 6.92 Å². The highest BCUT2D eigenvalue weighted by molar-refractivity contribution is 7.99. The highest BCUT2D eigenvalue weighted by atomic mass is 32.2. The van der Waals surface area contributed by atoms with Gasteiger partial charge in [-0.05, 0) is 26.0 Å². The predicted molar refractivity (Wildman–Crippen MR) is 63.5 cm³/mol. The van der Waals surface area contributed by atoms with Gasteiger partial charge in [0.15, 0.2) is 0 Å². The van der Waals surface area contributed by atoms with Crippen molar-refractivity contribution >= 4 is 17.7 Å². The fraction of sp³-hybridized carbons (Fsp3) is 0.700. The van der Waals surface area contributed by atoms with Crippen LogP contribution in [0.2, 0.25) is 0 Å². The maximum absolute atomic E-state index is 11.8. The quantitative estimate of drug-likeness (QED) is 0.830. The molecule has 0 radical (unpaired) electrons. The Bertz CT molecular complexity index is 379. The van der Waals surface area contributed by atoms with Crippen LogP contribution in [0.25, 0.3) is 0 Å². The maximum atomic E-state index is 11.8. The van der Waals surface area contributed by atoms with E-state index in [0.717, 1.165) is 6.42 Å². The number of rotatable bonds is 3. The number of thioether (sulfide) groups is 1. The Morgan fingerprint density at radius 3 is 3.00 bits per heavy atom. The second kappa shape index (κ2) is 4.86. The molecule has 1 aromatic heterocycles. The van der Waals surface area contributed by atoms with E-state index in [2.05, 4.69) is 26.8 Å². The van der Waals surface area contributed by atoms with E-state index in [1.165, 1.54) is 12.8 Å². The fourth-order valence-corrected chi connectivity index (χ4v) is 2.99. The van der Waals surface area contributed by atoms with Crippen molar-refractivity contribution in [2.45, 2.75) is 37.5 Å². The van der Waals surface area contributed by atoms with Crippen LogP contribution in [-0.2, 0) is 0 Å². The molecule has 2 unspecified atom stereocenters. The lowest BCUT2D eigenvalue weighted by Gasteiger charge is -2.17. The zero-order chi connectivity index (χ0) is 11.5. The summed E-state index contributed by atoms with van der Waals surface area (Å²) < 4.78 is 0. The van der Waals surface area contributed by atoms with Crippen molar-refractivity contribution in [1.29, 1.82) is 0 Å². The molecule has 1 amide bonds. The first-order chi connectivity index (χ1) is 7.70. The van der Waals surface area contributed by atoms with Crippen molar-refractivity contribution in [2.75, 3.05) is 6.26 Å². The number of aromatic amines is 1. The van der Waals surface area contributed by atoms with E-state index in [1.54, 1.807) is 6.92 Å². The van der Waals surface area contributed by atoms with Crippen molar-refractivity contribution in [2.24, 2.45) is 0 Å². The van der Waals surface area contributed by atoms with Crippen LogP contribution in [0.3, 0.4) is 0 Å². The number of aryl methyl sites for hydroxylation is 1. The molecule has 1 aliphatic rings. The van der Waals surface area contributed by atoms with Gasteiger partial charge in [-0.1, -0.05) is 6.42 Å². The van der Waals surface area contributed by atoms with E-state index in [1.807, 2.05) is 11.8 Å². The zero-order valence-corrected chi connectivity index (χ0v) is 10.3. The number of nitrogens with zero attached hydrogens (tertiary/aromatic N) is 2. The van der Waals surface area contributed by atoms with E-state index in [-0.39, 0.29) is 17.8 Å². The van der Waals surface area contributed by atoms with Gasteiger partial charge < -0.3 is 5.32 Å². The SMILES string of the molecule is CSC1CCCC1NC(=O)c1n[nH]c(C)n1. The molecule has 1 heterocycles. The summed E-state index contributed by atoms with van der Waals surface area (Å²) in [6.45, 7) is 1.78. The molecular formula is C10H16N4OS. The molecule has 2 atom stereocenters. The number of aromatic nitrogens is 3. The van der Waals surface area contributed by atoms with E-state index >= 15 is 0 Å². The van der Waals surface area contributed by atoms with Gasteiger partial charge in [-0.3, -0.25) is 9.89 Å². The van der Waals surface area contributed by atoms with Gasteiger partial charge in [-0.25, -0.2) is 4.98 Å². The number of hydrogen-bond donors (Lipinski definition) is 2. The van der Waals surface area contributed by atoms with E-state index in [4.69, 9.17) is 0 Å². The minimum atomic E-state index is -0.171. The zero-order valence-electron chi connectivity index (χ0n) is 9.49. The van der Waals surface area contributed by atoms with Gasteiger partial charge in [0.25, 0.3) is 5.91 Å². The van der Waals surface area contributed by atoms with Crippen molar-refractivity contribution < 1.29 is 4.79 Å². The third-order valence-corrected chi connectivity index (χ3v) is 4.04. The summed E-state index contributed by atoms with van der Waals surface area (Å²) >= 11 is 1.82. The Morgan fingerprint density at radius 2 is 2.38 bits per heavy atom. The van der Waals surface area contributed by atoms with E-state index < -0.39 is 0 Å². The van der Waals surface area contributed by atoms with Crippen molar-refractivity contribution in [3.05, 3.63) is 11.6 Å². The lowest BCUT2D eigenvalue weighted by molar-refractivity contribution is 0.0928. The molecule has 16 heavy (non-hydrogen) atoms. The van der Waals surface area contributed by atoms with E-state index in [0.29, 0.717) is 11.1 Å². The average molecular weight is 240 g/mol. The topological polar surface area (TPSA) is 70.7 Å². The lowest BCUT2D eigenvalue weighted by Crippen LogP contribution is -2.39. The number of amides is 1. The van der Waals surface area contributed by atoms with Gasteiger partial charge in [-0.2, -0.15) is 11.8 Å². The molecule has 1 fully saturated rings. The van der Waals surface area contributed by atoms with Crippen molar-refractivity contribution in [3.63, 3.8) is 0 Å². The second-order valence-electron chi connectivity index (χ2n) is 4.03. The van der Waals surface area contributed by atoms with Gasteiger partial charge in [0, 0.05) is 11.3 Å². The Labute approximate surface area is 98.8 Å². The molecule has 2 N–H and O–H groups in total. The van der Waals surface area contributed by atoms with Gasteiger partial charge in [0.1, 0.15) is 5.82 Å². The van der Waals surface area contributed by atoms with Crippen LogP contribution in [0.15, 0.2) is 0 Å². The predicted octanol–water partition coefficient (Wildman–Crippen LogP) is 1.13. The Hall–Kier alpha value is -1.04. The highest BCUT2D eigenvalue weighted by Gasteiger charge is 2.28. The smallest absolute Gasteiger partial charge is 0.291 e. The number of carbonyl (C=O) groups excluding carboxylic acids is 1. The van der Waals surface area contributed by atoms with Gasteiger partial charge in [0.05, 0.1) is 0 Å². The van der Waals surface area contributed by atoms with Crippen molar-refractivity contribution in [1.82, 2.24) is 20.5 Å². The summed E-state index contributed by atoms with van der Waals surface area (Å²) in [4.78, 5) is 15.8. The third-order valence-electron chi connectivity index (χ3n) is 2.87. The Balaban J connectivity index is 1.97. The van der Waals surface area contributed by atoms with Gasteiger partial charge in [-0.15, -0.1) is 5.10 Å². The van der Waals surface area contributed by atoms with Gasteiger partial charge >= 0.3 is 0 Å². The van der Waals surface area contributed by atoms with Gasteiger partial charge in [0.2, 0.25) is 5.82 Å². The first-order valence-electron chi connectivity index (χ1n) is 5.43. The monoisotopic (exact) mass is 240 g/mol. The Morgan fingerprint density at radius 1 is 1.56 bits per heavy atom. The summed E-state index contributed by atoms with van der Waals surface area (Å²) in [6.07, 6.45) is 5.51. The molecule has 1 aromatic rings. The maximum Gasteiger partial charge on any atom is 0.291 e. The lowest BCUT2D eigenvalue weighted by atomic mass is 10.2. The van der Waals surface area contributed by atoms with Crippen molar-refractivity contribution in [3.8, 4) is 0 Å². The van der Waals surface area contributed by atoms with E-state index in [9.17, 15) is 4.79 Å². The van der Waals surface area contributed by atoms with Crippen LogP contribution in [0.5, 0.6) is 0 Å². The average Bonchev–Trinajstić information content (AvgIpc) is 2.86. The summed E-state index contributed by atoms with van der Waals surface area (Å²) in [5.74, 6) is 0.734. The number of nitrogens with one attached hydrogen (secondary N) is 2. The summed E-state index contributed by atoms with van der Waals surface area (Å²) in [6, 6.07) is 0.265. The first-order valence-corrected chi connectivity index (χ1v) is 6.72. The summed E-state index contributed by atoms with van der Waals surface area (Å²) in [7, 11) is 0. The minimum Gasteiger partial charge on any atom is -0.345 e. The molecule has 1 saturated carbocycles. The Kier molecular flexibility index (Phi) is 3.48. The molecular weight excluding hydrogens is 224 g/mol. The summed E-state index contributed by atoms with van der Waals surface area (Å²) in [5, 5.41) is 10.1. The van der Waals surface area contributed by atoms with Crippen LogP contribution in [0.4, 0.5) is 0 Å². The highest BCUT2D eigenvalue weighted by Crippen LogP contribution is 2.28. The fourth-order valence-electron chi connectivity index (χ4n) is 2.05. The number of H-pyrrole nitrogens is 1. The molecule has 0 saturated heterocycles.